The van der Waals surface area contributed by atoms with Gasteiger partial charge in [-0.2, -0.15) is 0 Å². The second-order valence-electron chi connectivity index (χ2n) is 11.7. The van der Waals surface area contributed by atoms with Gasteiger partial charge in [-0.05, 0) is 44.7 Å². The Labute approximate surface area is 248 Å². The Kier molecular flexibility index (Phi) is 19.1. The van der Waals surface area contributed by atoms with E-state index in [0.717, 1.165) is 13.0 Å². The molecule has 0 unspecified atom stereocenters. The maximum Gasteiger partial charge on any atom is 0.306 e. The van der Waals surface area contributed by atoms with Crippen LogP contribution in [0.3, 0.4) is 0 Å². The van der Waals surface area contributed by atoms with Gasteiger partial charge in [0.15, 0.2) is 11.6 Å². The van der Waals surface area contributed by atoms with Gasteiger partial charge in [-0.1, -0.05) is 34.1 Å². The number of Topliss-reactive ketones (excluding diaryl/α,β-unsaturated/α-hetero) is 3. The highest BCUT2D eigenvalue weighted by molar-refractivity contribution is 5.95. The van der Waals surface area contributed by atoms with Crippen molar-refractivity contribution in [2.24, 2.45) is 41.1 Å². The van der Waals surface area contributed by atoms with Gasteiger partial charge in [-0.25, -0.2) is 0 Å². The Morgan fingerprint density at radius 3 is 1.79 bits per heavy atom. The summed E-state index contributed by atoms with van der Waals surface area (Å²) >= 11 is 0. The Balaban J connectivity index is 5.02. The average Bonchev–Trinajstić information content (AvgIpc) is 2.89. The summed E-state index contributed by atoms with van der Waals surface area (Å²) in [5, 5.41) is 17.2. The second kappa shape index (κ2) is 20.6. The summed E-state index contributed by atoms with van der Waals surface area (Å²) in [7, 11) is 1.79. The number of carbonyl (C=O) groups is 7. The van der Waals surface area contributed by atoms with Crippen LogP contribution in [0, 0.1) is 29.6 Å². The van der Waals surface area contributed by atoms with Gasteiger partial charge in [0, 0.05) is 31.6 Å². The number of ketones is 3. The molecule has 0 fully saturated rings. The number of nitrogens with two attached hydrogens (primary N) is 2. The smallest absolute Gasteiger partial charge is 0.306 e. The zero-order chi connectivity index (χ0) is 32.4. The van der Waals surface area contributed by atoms with Gasteiger partial charge in [0.25, 0.3) is 0 Å². The van der Waals surface area contributed by atoms with E-state index < -0.39 is 85.0 Å². The van der Waals surface area contributed by atoms with Crippen LogP contribution in [0.15, 0.2) is 0 Å². The van der Waals surface area contributed by atoms with E-state index in [1.807, 2.05) is 13.8 Å². The number of primary amides is 1. The largest absolute Gasteiger partial charge is 0.481 e. The summed E-state index contributed by atoms with van der Waals surface area (Å²) in [6.07, 6.45) is 0.992. The minimum atomic E-state index is -1.17. The monoisotopic (exact) mass is 597 g/mol. The van der Waals surface area contributed by atoms with E-state index in [1.54, 1.807) is 20.9 Å². The summed E-state index contributed by atoms with van der Waals surface area (Å²) < 4.78 is 0. The summed E-state index contributed by atoms with van der Waals surface area (Å²) in [6.45, 7) is 7.29. The molecule has 0 spiro atoms. The quantitative estimate of drug-likeness (QED) is 0.0835. The Morgan fingerprint density at radius 1 is 0.762 bits per heavy atom. The van der Waals surface area contributed by atoms with E-state index >= 15 is 0 Å². The lowest BCUT2D eigenvalue weighted by atomic mass is 9.86. The van der Waals surface area contributed by atoms with Crippen molar-refractivity contribution in [1.29, 1.82) is 0 Å². The van der Waals surface area contributed by atoms with Crippen LogP contribution in [-0.2, 0) is 33.6 Å². The van der Waals surface area contributed by atoms with Gasteiger partial charge in [-0.15, -0.1) is 0 Å². The first-order chi connectivity index (χ1) is 19.6. The molecule has 0 aliphatic rings. The molecule has 42 heavy (non-hydrogen) atoms. The average molecular weight is 598 g/mol. The van der Waals surface area contributed by atoms with Crippen LogP contribution >= 0.6 is 0 Å². The molecule has 0 saturated carbocycles. The number of hydrogen-bond acceptors (Lipinski definition) is 9. The fourth-order valence-electron chi connectivity index (χ4n) is 4.49. The fraction of sp³-hybridized carbons (Fsp3) is 0.759. The van der Waals surface area contributed by atoms with Crippen molar-refractivity contribution in [3.05, 3.63) is 0 Å². The van der Waals surface area contributed by atoms with E-state index in [0.29, 0.717) is 19.3 Å². The van der Waals surface area contributed by atoms with Gasteiger partial charge in [0.1, 0.15) is 5.78 Å². The molecule has 0 aromatic carbocycles. The molecule has 8 N–H and O–H groups in total. The van der Waals surface area contributed by atoms with Gasteiger partial charge >= 0.3 is 5.97 Å². The number of carboxylic acid groups (broad SMARTS) is 1. The van der Waals surface area contributed by atoms with Crippen LogP contribution in [0.25, 0.3) is 0 Å². The van der Waals surface area contributed by atoms with E-state index in [2.05, 4.69) is 16.0 Å². The molecule has 0 radical (unpaired) electrons. The van der Waals surface area contributed by atoms with Gasteiger partial charge in [-0.3, -0.25) is 33.6 Å². The third-order valence-corrected chi connectivity index (χ3v) is 6.97. The second-order valence-corrected chi connectivity index (χ2v) is 11.7. The summed E-state index contributed by atoms with van der Waals surface area (Å²) in [5.74, 6) is -7.19. The van der Waals surface area contributed by atoms with Crippen molar-refractivity contribution >= 4 is 41.0 Å². The molecule has 240 valence electrons. The molecule has 0 aromatic heterocycles. The molecule has 4 atom stereocenters. The summed E-state index contributed by atoms with van der Waals surface area (Å²) in [5.41, 5.74) is 11.2. The lowest BCUT2D eigenvalue weighted by molar-refractivity contribution is -0.144. The van der Waals surface area contributed by atoms with Crippen LogP contribution in [0.1, 0.15) is 79.1 Å². The molecule has 0 saturated heterocycles. The van der Waals surface area contributed by atoms with Crippen molar-refractivity contribution in [2.75, 3.05) is 26.7 Å². The molecule has 13 heteroatoms. The standard InChI is InChI=1S/C29H51N5O8/c1-17(2)10-24(30)25(37)14-23(18(3)4)28(40)34-16-22(36)12-20(13-26(31)38)27(39)33-15-21(35)11-19(29(41)42)8-6-7-9-32-5/h17-20,23-24,32H,6-16,30H2,1-5H3,(H2,31,38)(H,33,39)(H,34,40)(H,41,42)/t19-,20+,23+,24+/m1/s1. The molecule has 0 heterocycles. The van der Waals surface area contributed by atoms with Gasteiger partial charge < -0.3 is 32.5 Å². The summed E-state index contributed by atoms with van der Waals surface area (Å²) in [6, 6.07) is -0.681. The first-order valence-corrected chi connectivity index (χ1v) is 14.6. The normalized spacial score (nSPS) is 14.1. The Morgan fingerprint density at radius 2 is 1.31 bits per heavy atom. The van der Waals surface area contributed by atoms with Crippen LogP contribution in [0.4, 0.5) is 0 Å². The van der Waals surface area contributed by atoms with E-state index in [1.165, 1.54) is 0 Å². The first-order valence-electron chi connectivity index (χ1n) is 14.6. The predicted molar refractivity (Wildman–Crippen MR) is 157 cm³/mol. The lowest BCUT2D eigenvalue weighted by Crippen LogP contribution is -2.42. The maximum absolute atomic E-state index is 12.8. The minimum Gasteiger partial charge on any atom is -0.481 e. The first kappa shape index (κ1) is 38.8. The maximum atomic E-state index is 12.8. The third-order valence-electron chi connectivity index (χ3n) is 6.97. The molecular formula is C29H51N5O8. The van der Waals surface area contributed by atoms with Crippen molar-refractivity contribution in [3.8, 4) is 0 Å². The van der Waals surface area contributed by atoms with Crippen LogP contribution < -0.4 is 27.4 Å². The van der Waals surface area contributed by atoms with Crippen molar-refractivity contribution in [1.82, 2.24) is 16.0 Å². The highest BCUT2D eigenvalue weighted by atomic mass is 16.4. The van der Waals surface area contributed by atoms with Crippen LogP contribution in [0.5, 0.6) is 0 Å². The number of carbonyl (C=O) groups excluding carboxylic acids is 6. The van der Waals surface area contributed by atoms with Crippen molar-refractivity contribution in [3.63, 3.8) is 0 Å². The number of amides is 3. The minimum absolute atomic E-state index is 0.0645. The number of rotatable bonds is 24. The topological polar surface area (TPSA) is 228 Å². The van der Waals surface area contributed by atoms with Gasteiger partial charge in [0.2, 0.25) is 17.7 Å². The molecule has 0 aliphatic carbocycles. The molecule has 0 rings (SSSR count). The SMILES string of the molecule is CNCCCC[C@H](CC(=O)CNC(=O)[C@H](CC(N)=O)CC(=O)CNC(=O)[C@@H](CC(=O)[C@@H](N)CC(C)C)C(C)C)C(=O)O. The van der Waals surface area contributed by atoms with E-state index in [9.17, 15) is 38.7 Å². The molecule has 0 aromatic rings. The van der Waals surface area contributed by atoms with Gasteiger partial charge in [0.05, 0.1) is 31.0 Å². The number of carboxylic acids is 1. The number of hydrogen-bond donors (Lipinski definition) is 6. The number of unbranched alkanes of at least 4 members (excludes halogenated alkanes) is 1. The van der Waals surface area contributed by atoms with Crippen molar-refractivity contribution in [2.45, 2.75) is 85.1 Å². The molecule has 3 amide bonds. The number of aliphatic carboxylic acids is 1. The molecule has 13 nitrogen and oxygen atoms in total. The Hall–Kier alpha value is -3.19. The van der Waals surface area contributed by atoms with Crippen LogP contribution in [0.2, 0.25) is 0 Å². The zero-order valence-corrected chi connectivity index (χ0v) is 25.7. The molecular weight excluding hydrogens is 546 g/mol. The third kappa shape index (κ3) is 16.9. The highest BCUT2D eigenvalue weighted by Crippen LogP contribution is 2.19. The molecule has 0 bridgehead atoms. The zero-order valence-electron chi connectivity index (χ0n) is 25.7. The van der Waals surface area contributed by atoms with E-state index in [4.69, 9.17) is 11.5 Å². The molecule has 0 aliphatic heterocycles. The number of nitrogens with one attached hydrogen (secondary N) is 3. The lowest BCUT2D eigenvalue weighted by Gasteiger charge is -2.22. The highest BCUT2D eigenvalue weighted by Gasteiger charge is 2.29. The van der Waals surface area contributed by atoms with Crippen LogP contribution in [-0.4, -0.2) is 78.9 Å². The summed E-state index contributed by atoms with van der Waals surface area (Å²) in [4.78, 5) is 86.0. The van der Waals surface area contributed by atoms with E-state index in [-0.39, 0.29) is 30.5 Å². The Bertz CT molecular complexity index is 937. The van der Waals surface area contributed by atoms with Crippen molar-refractivity contribution < 1.29 is 38.7 Å². The fourth-order valence-corrected chi connectivity index (χ4v) is 4.49. The predicted octanol–water partition coefficient (Wildman–Crippen LogP) is 0.324.